The Hall–Kier alpha value is -2.29. The summed E-state index contributed by atoms with van der Waals surface area (Å²) in [6.07, 6.45) is 1.63. The maximum atomic E-state index is 9.25. The predicted molar refractivity (Wildman–Crippen MR) is 63.5 cm³/mol. The van der Waals surface area contributed by atoms with Crippen LogP contribution >= 0.6 is 0 Å². The number of rotatable bonds is 2. The van der Waals surface area contributed by atoms with E-state index in [1.165, 1.54) is 0 Å². The molecule has 80 valence electrons. The van der Waals surface area contributed by atoms with Gasteiger partial charge in [-0.1, -0.05) is 18.2 Å². The van der Waals surface area contributed by atoms with Crippen LogP contribution in [0.2, 0.25) is 0 Å². The normalized spacial score (nSPS) is 10.8. The first-order valence-corrected chi connectivity index (χ1v) is 4.86. The second-order valence-corrected chi connectivity index (χ2v) is 3.37. The van der Waals surface area contributed by atoms with Crippen LogP contribution in [0.4, 0.5) is 5.69 Å². The highest BCUT2D eigenvalue weighted by atomic mass is 16.3. The summed E-state index contributed by atoms with van der Waals surface area (Å²) < 4.78 is 0. The van der Waals surface area contributed by atoms with E-state index in [9.17, 15) is 10.2 Å². The fourth-order valence-corrected chi connectivity index (χ4v) is 1.33. The van der Waals surface area contributed by atoms with Gasteiger partial charge in [0.1, 0.15) is 11.5 Å². The Morgan fingerprint density at radius 1 is 0.875 bits per heavy atom. The molecule has 0 aliphatic carbocycles. The minimum atomic E-state index is 0.186. The van der Waals surface area contributed by atoms with Crippen molar-refractivity contribution in [1.29, 1.82) is 0 Å². The maximum absolute atomic E-state index is 9.25. The van der Waals surface area contributed by atoms with E-state index in [4.69, 9.17) is 0 Å². The third kappa shape index (κ3) is 2.60. The molecule has 0 aliphatic rings. The molecule has 3 heteroatoms. The van der Waals surface area contributed by atoms with Crippen molar-refractivity contribution in [3.8, 4) is 11.5 Å². The number of aromatic hydroxyl groups is 2. The standard InChI is InChI=1S/C13H11NO2/c15-12-5-1-3-10(7-12)9-14-11-4-2-6-13(16)8-11/h1-9,15-16H/b14-9+. The molecule has 3 nitrogen and oxygen atoms in total. The van der Waals surface area contributed by atoms with Crippen LogP contribution in [0.5, 0.6) is 11.5 Å². The van der Waals surface area contributed by atoms with Crippen LogP contribution in [-0.4, -0.2) is 16.4 Å². The van der Waals surface area contributed by atoms with Crippen LogP contribution in [0.3, 0.4) is 0 Å². The van der Waals surface area contributed by atoms with Crippen LogP contribution < -0.4 is 0 Å². The minimum absolute atomic E-state index is 0.186. The first kappa shape index (κ1) is 10.2. The van der Waals surface area contributed by atoms with Crippen LogP contribution in [0.1, 0.15) is 5.56 Å². The number of hydrogen-bond acceptors (Lipinski definition) is 3. The molecular weight excluding hydrogens is 202 g/mol. The molecule has 0 heterocycles. The van der Waals surface area contributed by atoms with E-state index < -0.39 is 0 Å². The SMILES string of the molecule is Oc1cccc(/C=N/c2cccc(O)c2)c1. The molecule has 2 aromatic carbocycles. The van der Waals surface area contributed by atoms with E-state index in [1.54, 1.807) is 48.7 Å². The fourth-order valence-electron chi connectivity index (χ4n) is 1.33. The average Bonchev–Trinajstić information content (AvgIpc) is 2.27. The molecule has 0 saturated heterocycles. The van der Waals surface area contributed by atoms with Crippen LogP contribution in [0, 0.1) is 0 Å². The van der Waals surface area contributed by atoms with Crippen LogP contribution in [-0.2, 0) is 0 Å². The summed E-state index contributed by atoms with van der Waals surface area (Å²) in [7, 11) is 0. The van der Waals surface area contributed by atoms with Gasteiger partial charge in [0.15, 0.2) is 0 Å². The number of phenols is 2. The van der Waals surface area contributed by atoms with Gasteiger partial charge in [0.2, 0.25) is 0 Å². The lowest BCUT2D eigenvalue weighted by Gasteiger charge is -1.96. The summed E-state index contributed by atoms with van der Waals surface area (Å²) in [4.78, 5) is 4.18. The highest BCUT2D eigenvalue weighted by Gasteiger charge is 1.92. The molecule has 0 radical (unpaired) electrons. The van der Waals surface area contributed by atoms with Crippen molar-refractivity contribution in [2.24, 2.45) is 4.99 Å². The van der Waals surface area contributed by atoms with Crippen molar-refractivity contribution in [2.75, 3.05) is 0 Å². The highest BCUT2D eigenvalue weighted by molar-refractivity contribution is 5.82. The lowest BCUT2D eigenvalue weighted by atomic mass is 10.2. The van der Waals surface area contributed by atoms with Gasteiger partial charge in [0, 0.05) is 12.3 Å². The Bertz CT molecular complexity index is 473. The molecule has 0 spiro atoms. The topological polar surface area (TPSA) is 52.8 Å². The predicted octanol–water partition coefficient (Wildman–Crippen LogP) is 2.85. The third-order valence-corrected chi connectivity index (χ3v) is 2.06. The average molecular weight is 213 g/mol. The van der Waals surface area contributed by atoms with Gasteiger partial charge in [-0.3, -0.25) is 4.99 Å². The van der Waals surface area contributed by atoms with Crippen LogP contribution in [0.15, 0.2) is 53.5 Å². The molecule has 0 atom stereocenters. The van der Waals surface area contributed by atoms with E-state index in [2.05, 4.69) is 4.99 Å². The largest absolute Gasteiger partial charge is 0.508 e. The van der Waals surface area contributed by atoms with Gasteiger partial charge in [-0.15, -0.1) is 0 Å². The van der Waals surface area contributed by atoms with Crippen molar-refractivity contribution in [3.05, 3.63) is 54.1 Å². The smallest absolute Gasteiger partial charge is 0.117 e. The first-order chi connectivity index (χ1) is 7.74. The highest BCUT2D eigenvalue weighted by Crippen LogP contribution is 2.18. The monoisotopic (exact) mass is 213 g/mol. The minimum Gasteiger partial charge on any atom is -0.508 e. The fraction of sp³-hybridized carbons (Fsp3) is 0. The summed E-state index contributed by atoms with van der Waals surface area (Å²) >= 11 is 0. The summed E-state index contributed by atoms with van der Waals surface area (Å²) in [5, 5.41) is 18.5. The quantitative estimate of drug-likeness (QED) is 0.753. The molecular formula is C13H11NO2. The molecule has 2 aromatic rings. The van der Waals surface area contributed by atoms with E-state index in [-0.39, 0.29) is 11.5 Å². The molecule has 0 unspecified atom stereocenters. The summed E-state index contributed by atoms with van der Waals surface area (Å²) in [5.41, 5.74) is 1.48. The van der Waals surface area contributed by atoms with Crippen LogP contribution in [0.25, 0.3) is 0 Å². The zero-order valence-electron chi connectivity index (χ0n) is 8.54. The summed E-state index contributed by atoms with van der Waals surface area (Å²) in [5.74, 6) is 0.394. The van der Waals surface area contributed by atoms with Gasteiger partial charge in [0.25, 0.3) is 0 Å². The number of benzene rings is 2. The molecule has 0 bridgehead atoms. The van der Waals surface area contributed by atoms with Gasteiger partial charge < -0.3 is 10.2 Å². The van der Waals surface area contributed by atoms with Gasteiger partial charge in [-0.2, -0.15) is 0 Å². The van der Waals surface area contributed by atoms with Crippen molar-refractivity contribution < 1.29 is 10.2 Å². The Kier molecular flexibility index (Phi) is 2.87. The molecule has 0 aromatic heterocycles. The van der Waals surface area contributed by atoms with Gasteiger partial charge >= 0.3 is 0 Å². The lowest BCUT2D eigenvalue weighted by Crippen LogP contribution is -1.78. The summed E-state index contributed by atoms with van der Waals surface area (Å²) in [6.45, 7) is 0. The molecule has 16 heavy (non-hydrogen) atoms. The Labute approximate surface area is 93.3 Å². The van der Waals surface area contributed by atoms with E-state index in [0.29, 0.717) is 5.69 Å². The Morgan fingerprint density at radius 2 is 1.56 bits per heavy atom. The lowest BCUT2D eigenvalue weighted by molar-refractivity contribution is 0.474. The zero-order chi connectivity index (χ0) is 11.4. The number of phenolic OH excluding ortho intramolecular Hbond substituents is 2. The van der Waals surface area contributed by atoms with E-state index in [1.807, 2.05) is 6.07 Å². The molecule has 0 aliphatic heterocycles. The molecule has 0 saturated carbocycles. The third-order valence-electron chi connectivity index (χ3n) is 2.06. The molecule has 0 amide bonds. The summed E-state index contributed by atoms with van der Waals surface area (Å²) in [6, 6.07) is 13.5. The Balaban J connectivity index is 2.21. The molecule has 2 rings (SSSR count). The van der Waals surface area contributed by atoms with Crippen molar-refractivity contribution in [2.45, 2.75) is 0 Å². The number of hydrogen-bond donors (Lipinski definition) is 2. The van der Waals surface area contributed by atoms with Crippen molar-refractivity contribution >= 4 is 11.9 Å². The number of nitrogens with zero attached hydrogens (tertiary/aromatic N) is 1. The van der Waals surface area contributed by atoms with Crippen molar-refractivity contribution in [1.82, 2.24) is 0 Å². The van der Waals surface area contributed by atoms with E-state index >= 15 is 0 Å². The molecule has 0 fully saturated rings. The van der Waals surface area contributed by atoms with Gasteiger partial charge in [-0.05, 0) is 29.8 Å². The first-order valence-electron chi connectivity index (χ1n) is 4.86. The van der Waals surface area contributed by atoms with Crippen molar-refractivity contribution in [3.63, 3.8) is 0 Å². The maximum Gasteiger partial charge on any atom is 0.117 e. The van der Waals surface area contributed by atoms with E-state index in [0.717, 1.165) is 5.56 Å². The zero-order valence-corrected chi connectivity index (χ0v) is 8.54. The van der Waals surface area contributed by atoms with Gasteiger partial charge in [0.05, 0.1) is 5.69 Å². The second-order valence-electron chi connectivity index (χ2n) is 3.37. The second kappa shape index (κ2) is 4.49. The molecule has 2 N–H and O–H groups in total. The Morgan fingerprint density at radius 3 is 2.25 bits per heavy atom. The van der Waals surface area contributed by atoms with Gasteiger partial charge in [-0.25, -0.2) is 0 Å². The number of aliphatic imine (C=N–C) groups is 1.